The molecule has 0 aliphatic heterocycles. The quantitative estimate of drug-likeness (QED) is 0.826. The second kappa shape index (κ2) is 4.53. The second-order valence-electron chi connectivity index (χ2n) is 5.05. The number of rotatable bonds is 5. The van der Waals surface area contributed by atoms with Gasteiger partial charge in [-0.05, 0) is 46.1 Å². The Morgan fingerprint density at radius 2 is 2.06 bits per heavy atom. The third kappa shape index (κ3) is 2.61. The summed E-state index contributed by atoms with van der Waals surface area (Å²) in [5, 5.41) is 8.02. The largest absolute Gasteiger partial charge is 0.314 e. The van der Waals surface area contributed by atoms with E-state index in [4.69, 9.17) is 0 Å². The van der Waals surface area contributed by atoms with Crippen molar-refractivity contribution >= 4 is 0 Å². The zero-order valence-electron chi connectivity index (χ0n) is 10.7. The zero-order chi connectivity index (χ0) is 11.7. The summed E-state index contributed by atoms with van der Waals surface area (Å²) in [6.45, 7) is 9.54. The highest BCUT2D eigenvalue weighted by Gasteiger charge is 2.23. The molecule has 2 unspecified atom stereocenters. The lowest BCUT2D eigenvalue weighted by atomic mass is 10.0. The minimum absolute atomic E-state index is 0.410. The molecule has 2 atom stereocenters. The van der Waals surface area contributed by atoms with Crippen LogP contribution in [0.3, 0.4) is 0 Å². The molecule has 0 aromatic carbocycles. The lowest BCUT2D eigenvalue weighted by molar-refractivity contribution is 0.330. The molecule has 0 saturated heterocycles. The van der Waals surface area contributed by atoms with Gasteiger partial charge in [0.15, 0.2) is 0 Å². The number of nitrogens with zero attached hydrogens (tertiary/aromatic N) is 3. The van der Waals surface area contributed by atoms with Crippen LogP contribution < -0.4 is 5.32 Å². The summed E-state index contributed by atoms with van der Waals surface area (Å²) >= 11 is 0. The molecule has 0 bridgehead atoms. The van der Waals surface area contributed by atoms with Gasteiger partial charge < -0.3 is 5.32 Å². The van der Waals surface area contributed by atoms with Gasteiger partial charge in [-0.2, -0.15) is 5.10 Å². The van der Waals surface area contributed by atoms with Crippen LogP contribution in [0.25, 0.3) is 0 Å². The van der Waals surface area contributed by atoms with Crippen LogP contribution in [0, 0.1) is 19.8 Å². The van der Waals surface area contributed by atoms with Crippen LogP contribution in [0.2, 0.25) is 0 Å². The molecule has 1 aliphatic rings. The van der Waals surface area contributed by atoms with Crippen molar-refractivity contribution < 1.29 is 0 Å². The van der Waals surface area contributed by atoms with Gasteiger partial charge in [-0.3, -0.25) is 0 Å². The highest BCUT2D eigenvalue weighted by Crippen LogP contribution is 2.22. The minimum Gasteiger partial charge on any atom is -0.314 e. The smallest absolute Gasteiger partial charge is 0.147 e. The summed E-state index contributed by atoms with van der Waals surface area (Å²) in [5.41, 5.74) is 0. The molecular formula is C12H22N4. The molecule has 1 N–H and O–H groups in total. The normalized spacial score (nSPS) is 19.8. The number of hydrogen-bond donors (Lipinski definition) is 1. The van der Waals surface area contributed by atoms with Gasteiger partial charge in [0, 0.05) is 6.04 Å². The molecule has 0 amide bonds. The average molecular weight is 222 g/mol. The van der Waals surface area contributed by atoms with Gasteiger partial charge in [-0.1, -0.05) is 6.92 Å². The van der Waals surface area contributed by atoms with Crippen molar-refractivity contribution in [2.75, 3.05) is 6.54 Å². The minimum atomic E-state index is 0.410. The molecule has 90 valence electrons. The van der Waals surface area contributed by atoms with Crippen molar-refractivity contribution in [1.82, 2.24) is 20.1 Å². The Balaban J connectivity index is 1.93. The first-order valence-corrected chi connectivity index (χ1v) is 6.21. The number of nitrogens with one attached hydrogen (secondary N) is 1. The first kappa shape index (κ1) is 11.6. The molecule has 0 radical (unpaired) electrons. The van der Waals surface area contributed by atoms with E-state index in [9.17, 15) is 0 Å². The maximum absolute atomic E-state index is 4.45. The Morgan fingerprint density at radius 3 is 2.56 bits per heavy atom. The van der Waals surface area contributed by atoms with Gasteiger partial charge in [0.05, 0.1) is 6.04 Å². The molecule has 16 heavy (non-hydrogen) atoms. The molecule has 4 heteroatoms. The van der Waals surface area contributed by atoms with Crippen molar-refractivity contribution in [3.8, 4) is 0 Å². The Hall–Kier alpha value is -0.900. The maximum atomic E-state index is 4.45. The van der Waals surface area contributed by atoms with E-state index in [1.54, 1.807) is 0 Å². The van der Waals surface area contributed by atoms with E-state index < -0.39 is 0 Å². The van der Waals surface area contributed by atoms with E-state index in [2.05, 4.69) is 33.9 Å². The molecule has 0 spiro atoms. The molecular weight excluding hydrogens is 200 g/mol. The molecule has 1 fully saturated rings. The first-order valence-electron chi connectivity index (χ1n) is 6.21. The highest BCUT2D eigenvalue weighted by molar-refractivity contribution is 4.91. The van der Waals surface area contributed by atoms with E-state index in [1.807, 2.05) is 13.8 Å². The lowest BCUT2D eigenvalue weighted by Gasteiger charge is -2.21. The predicted molar refractivity (Wildman–Crippen MR) is 64.4 cm³/mol. The summed E-state index contributed by atoms with van der Waals surface area (Å²) in [5.74, 6) is 2.47. The number of hydrogen-bond acceptors (Lipinski definition) is 3. The third-order valence-electron chi connectivity index (χ3n) is 3.42. The van der Waals surface area contributed by atoms with Gasteiger partial charge in [-0.25, -0.2) is 9.67 Å². The monoisotopic (exact) mass is 222 g/mol. The standard InChI is InChI=1S/C12H22N4/c1-8(7-13-12-5-6-12)9(2)16-11(4)14-10(3)15-16/h8-9,12-13H,5-7H2,1-4H3. The number of aromatic nitrogens is 3. The van der Waals surface area contributed by atoms with Crippen molar-refractivity contribution in [3.05, 3.63) is 11.6 Å². The molecule has 4 nitrogen and oxygen atoms in total. The molecule has 1 aromatic heterocycles. The van der Waals surface area contributed by atoms with Crippen LogP contribution in [0.4, 0.5) is 0 Å². The maximum Gasteiger partial charge on any atom is 0.147 e. The summed E-state index contributed by atoms with van der Waals surface area (Å²) < 4.78 is 2.05. The van der Waals surface area contributed by atoms with Gasteiger partial charge in [0.25, 0.3) is 0 Å². The molecule has 1 saturated carbocycles. The van der Waals surface area contributed by atoms with Crippen LogP contribution in [0.15, 0.2) is 0 Å². The lowest BCUT2D eigenvalue weighted by Crippen LogP contribution is -2.29. The van der Waals surface area contributed by atoms with Crippen LogP contribution >= 0.6 is 0 Å². The van der Waals surface area contributed by atoms with E-state index in [1.165, 1.54) is 12.8 Å². The van der Waals surface area contributed by atoms with Crippen LogP contribution in [-0.2, 0) is 0 Å². The van der Waals surface area contributed by atoms with Crippen LogP contribution in [-0.4, -0.2) is 27.4 Å². The highest BCUT2D eigenvalue weighted by atomic mass is 15.4. The Labute approximate surface area is 97.5 Å². The fourth-order valence-corrected chi connectivity index (χ4v) is 1.97. The van der Waals surface area contributed by atoms with Gasteiger partial charge in [0.2, 0.25) is 0 Å². The van der Waals surface area contributed by atoms with Gasteiger partial charge >= 0.3 is 0 Å². The fourth-order valence-electron chi connectivity index (χ4n) is 1.97. The average Bonchev–Trinajstić information content (AvgIpc) is 2.99. The van der Waals surface area contributed by atoms with Crippen LogP contribution in [0.5, 0.6) is 0 Å². The van der Waals surface area contributed by atoms with Gasteiger partial charge in [-0.15, -0.1) is 0 Å². The van der Waals surface area contributed by atoms with Crippen molar-refractivity contribution in [2.24, 2.45) is 5.92 Å². The molecule has 1 heterocycles. The van der Waals surface area contributed by atoms with E-state index in [0.717, 1.165) is 24.2 Å². The topological polar surface area (TPSA) is 42.7 Å². The Bertz CT molecular complexity index is 354. The van der Waals surface area contributed by atoms with E-state index >= 15 is 0 Å². The Morgan fingerprint density at radius 1 is 1.38 bits per heavy atom. The number of aryl methyl sites for hydroxylation is 2. The summed E-state index contributed by atoms with van der Waals surface area (Å²) in [6, 6.07) is 1.20. The third-order valence-corrected chi connectivity index (χ3v) is 3.42. The fraction of sp³-hybridized carbons (Fsp3) is 0.833. The summed E-state index contributed by atoms with van der Waals surface area (Å²) in [6.07, 6.45) is 2.70. The van der Waals surface area contributed by atoms with Gasteiger partial charge in [0.1, 0.15) is 11.6 Å². The first-order chi connectivity index (χ1) is 7.58. The second-order valence-corrected chi connectivity index (χ2v) is 5.05. The summed E-state index contributed by atoms with van der Waals surface area (Å²) in [7, 11) is 0. The SMILES string of the molecule is Cc1nc(C)n(C(C)C(C)CNC2CC2)n1. The van der Waals surface area contributed by atoms with E-state index in [0.29, 0.717) is 12.0 Å². The zero-order valence-corrected chi connectivity index (χ0v) is 10.7. The van der Waals surface area contributed by atoms with Crippen molar-refractivity contribution in [1.29, 1.82) is 0 Å². The Kier molecular flexibility index (Phi) is 3.28. The molecule has 2 rings (SSSR count). The summed E-state index contributed by atoms with van der Waals surface area (Å²) in [4.78, 5) is 4.35. The predicted octanol–water partition coefficient (Wildman–Crippen LogP) is 1.84. The van der Waals surface area contributed by atoms with Crippen LogP contribution in [0.1, 0.15) is 44.4 Å². The molecule has 1 aromatic rings. The van der Waals surface area contributed by atoms with E-state index in [-0.39, 0.29) is 0 Å². The van der Waals surface area contributed by atoms with Crippen molar-refractivity contribution in [3.63, 3.8) is 0 Å². The van der Waals surface area contributed by atoms with Crippen molar-refractivity contribution in [2.45, 2.75) is 52.6 Å². The molecule has 1 aliphatic carbocycles.